The molecule has 1 N–H and O–H groups in total. The molecule has 160 valence electrons. The Morgan fingerprint density at radius 2 is 1.58 bits per heavy atom. The van der Waals surface area contributed by atoms with Gasteiger partial charge in [-0.25, -0.2) is 4.39 Å². The highest BCUT2D eigenvalue weighted by molar-refractivity contribution is 5.96. The number of hydrogen-bond donors (Lipinski definition) is 1. The van der Waals surface area contributed by atoms with Crippen molar-refractivity contribution in [3.8, 4) is 5.75 Å². The second kappa shape index (κ2) is 10.9. The smallest absolute Gasteiger partial charge is 0.254 e. The Morgan fingerprint density at radius 1 is 0.903 bits per heavy atom. The number of nitrogens with one attached hydrogen (secondary N) is 1. The van der Waals surface area contributed by atoms with Crippen LogP contribution < -0.4 is 10.1 Å². The SMILES string of the molecule is CCN(Cc1ccc(OCc2ccccc2)cc1)C(=O)CNC(=O)c1ccccc1F. The van der Waals surface area contributed by atoms with E-state index in [1.165, 1.54) is 18.2 Å². The van der Waals surface area contributed by atoms with Crippen LogP contribution in [0.2, 0.25) is 0 Å². The van der Waals surface area contributed by atoms with Crippen molar-refractivity contribution in [2.24, 2.45) is 0 Å². The molecule has 3 rings (SSSR count). The zero-order chi connectivity index (χ0) is 22.1. The molecule has 6 heteroatoms. The Labute approximate surface area is 181 Å². The van der Waals surface area contributed by atoms with Crippen molar-refractivity contribution in [3.63, 3.8) is 0 Å². The van der Waals surface area contributed by atoms with Crippen LogP contribution in [0.1, 0.15) is 28.4 Å². The van der Waals surface area contributed by atoms with Crippen LogP contribution in [0.15, 0.2) is 78.9 Å². The molecule has 0 heterocycles. The molecule has 0 bridgehead atoms. The molecular weight excluding hydrogens is 395 g/mol. The van der Waals surface area contributed by atoms with Gasteiger partial charge in [0.05, 0.1) is 12.1 Å². The maximum Gasteiger partial charge on any atom is 0.254 e. The highest BCUT2D eigenvalue weighted by Crippen LogP contribution is 2.15. The summed E-state index contributed by atoms with van der Waals surface area (Å²) >= 11 is 0. The van der Waals surface area contributed by atoms with E-state index in [0.717, 1.165) is 16.9 Å². The van der Waals surface area contributed by atoms with Crippen LogP contribution in [0, 0.1) is 5.82 Å². The molecule has 0 saturated heterocycles. The Kier molecular flexibility index (Phi) is 7.76. The van der Waals surface area contributed by atoms with Gasteiger partial charge in [-0.15, -0.1) is 0 Å². The minimum atomic E-state index is -0.616. The maximum atomic E-state index is 13.7. The van der Waals surface area contributed by atoms with E-state index in [1.807, 2.05) is 61.5 Å². The average molecular weight is 420 g/mol. The van der Waals surface area contributed by atoms with E-state index in [2.05, 4.69) is 5.32 Å². The number of likely N-dealkylation sites (N-methyl/N-ethyl adjacent to an activating group) is 1. The third-order valence-electron chi connectivity index (χ3n) is 4.80. The summed E-state index contributed by atoms with van der Waals surface area (Å²) in [6, 6.07) is 23.2. The molecular formula is C25H25FN2O3. The van der Waals surface area contributed by atoms with Gasteiger partial charge in [0, 0.05) is 13.1 Å². The largest absolute Gasteiger partial charge is 0.489 e. The van der Waals surface area contributed by atoms with Gasteiger partial charge in [-0.1, -0.05) is 54.6 Å². The van der Waals surface area contributed by atoms with E-state index >= 15 is 0 Å². The molecule has 0 saturated carbocycles. The molecule has 0 unspecified atom stereocenters. The number of halogens is 1. The fourth-order valence-electron chi connectivity index (χ4n) is 3.04. The summed E-state index contributed by atoms with van der Waals surface area (Å²) in [5, 5.41) is 2.49. The summed E-state index contributed by atoms with van der Waals surface area (Å²) in [7, 11) is 0. The Bertz CT molecular complexity index is 1010. The molecule has 31 heavy (non-hydrogen) atoms. The van der Waals surface area contributed by atoms with Gasteiger partial charge >= 0.3 is 0 Å². The normalized spacial score (nSPS) is 10.4. The Balaban J connectivity index is 1.51. The molecule has 0 fully saturated rings. The lowest BCUT2D eigenvalue weighted by Crippen LogP contribution is -2.40. The van der Waals surface area contributed by atoms with E-state index in [-0.39, 0.29) is 18.0 Å². The van der Waals surface area contributed by atoms with Crippen molar-refractivity contribution >= 4 is 11.8 Å². The van der Waals surface area contributed by atoms with Crippen LogP contribution in [-0.4, -0.2) is 29.8 Å². The number of nitrogens with zero attached hydrogens (tertiary/aromatic N) is 1. The van der Waals surface area contributed by atoms with Gasteiger partial charge in [0.15, 0.2) is 0 Å². The molecule has 0 spiro atoms. The molecule has 0 radical (unpaired) electrons. The lowest BCUT2D eigenvalue weighted by Gasteiger charge is -2.21. The number of amides is 2. The second-order valence-electron chi connectivity index (χ2n) is 6.99. The molecule has 3 aromatic carbocycles. The Hall–Kier alpha value is -3.67. The quantitative estimate of drug-likeness (QED) is 0.565. The first-order chi connectivity index (χ1) is 15.1. The maximum absolute atomic E-state index is 13.7. The van der Waals surface area contributed by atoms with E-state index in [4.69, 9.17) is 4.74 Å². The molecule has 2 amide bonds. The van der Waals surface area contributed by atoms with E-state index in [1.54, 1.807) is 11.0 Å². The molecule has 0 aliphatic carbocycles. The molecule has 3 aromatic rings. The summed E-state index contributed by atoms with van der Waals surface area (Å²) < 4.78 is 19.5. The minimum Gasteiger partial charge on any atom is -0.489 e. The van der Waals surface area contributed by atoms with E-state index in [0.29, 0.717) is 19.7 Å². The third-order valence-corrected chi connectivity index (χ3v) is 4.80. The summed E-state index contributed by atoms with van der Waals surface area (Å²) in [5.74, 6) is -0.715. The summed E-state index contributed by atoms with van der Waals surface area (Å²) in [4.78, 5) is 26.2. The lowest BCUT2D eigenvalue weighted by molar-refractivity contribution is -0.130. The van der Waals surface area contributed by atoms with Crippen molar-refractivity contribution in [1.29, 1.82) is 0 Å². The number of hydrogen-bond acceptors (Lipinski definition) is 3. The topological polar surface area (TPSA) is 58.6 Å². The van der Waals surface area contributed by atoms with Gasteiger partial charge in [-0.3, -0.25) is 9.59 Å². The second-order valence-corrected chi connectivity index (χ2v) is 6.99. The van der Waals surface area contributed by atoms with Crippen molar-refractivity contribution in [2.45, 2.75) is 20.1 Å². The molecule has 0 aromatic heterocycles. The van der Waals surface area contributed by atoms with Gasteiger partial charge in [0.2, 0.25) is 5.91 Å². The monoisotopic (exact) mass is 420 g/mol. The van der Waals surface area contributed by atoms with Crippen LogP contribution in [0.4, 0.5) is 4.39 Å². The van der Waals surface area contributed by atoms with Gasteiger partial charge < -0.3 is 15.0 Å². The predicted molar refractivity (Wildman–Crippen MR) is 117 cm³/mol. The van der Waals surface area contributed by atoms with Crippen molar-refractivity contribution in [1.82, 2.24) is 10.2 Å². The highest BCUT2D eigenvalue weighted by Gasteiger charge is 2.16. The minimum absolute atomic E-state index is 0.0792. The number of carbonyl (C=O) groups is 2. The lowest BCUT2D eigenvalue weighted by atomic mass is 10.2. The highest BCUT2D eigenvalue weighted by atomic mass is 19.1. The summed E-state index contributed by atoms with van der Waals surface area (Å²) in [5.41, 5.74) is 1.96. The van der Waals surface area contributed by atoms with Crippen LogP contribution in [0.5, 0.6) is 5.75 Å². The molecule has 0 aliphatic rings. The number of ether oxygens (including phenoxy) is 1. The average Bonchev–Trinajstić information content (AvgIpc) is 2.81. The zero-order valence-corrected chi connectivity index (χ0v) is 17.4. The summed E-state index contributed by atoms with van der Waals surface area (Å²) in [6.45, 7) is 3.05. The fraction of sp³-hybridized carbons (Fsp3) is 0.200. The number of rotatable bonds is 9. The van der Waals surface area contributed by atoms with Crippen LogP contribution in [0.3, 0.4) is 0 Å². The van der Waals surface area contributed by atoms with Crippen LogP contribution >= 0.6 is 0 Å². The van der Waals surface area contributed by atoms with Crippen molar-refractivity contribution < 1.29 is 18.7 Å². The van der Waals surface area contributed by atoms with Crippen molar-refractivity contribution in [3.05, 3.63) is 101 Å². The standard InChI is InChI=1S/C25H25FN2O3/c1-2-28(24(29)16-27-25(30)22-10-6-7-11-23(22)26)17-19-12-14-21(15-13-19)31-18-20-8-4-3-5-9-20/h3-15H,2,16-18H2,1H3,(H,27,30). The zero-order valence-electron chi connectivity index (χ0n) is 17.4. The summed E-state index contributed by atoms with van der Waals surface area (Å²) in [6.07, 6.45) is 0. The number of benzene rings is 3. The Morgan fingerprint density at radius 3 is 2.26 bits per heavy atom. The molecule has 5 nitrogen and oxygen atoms in total. The van der Waals surface area contributed by atoms with Crippen LogP contribution in [-0.2, 0) is 17.9 Å². The predicted octanol–water partition coefficient (Wildman–Crippen LogP) is 4.18. The molecule has 0 atom stereocenters. The van der Waals surface area contributed by atoms with Gasteiger partial charge in [0.1, 0.15) is 18.2 Å². The first-order valence-electron chi connectivity index (χ1n) is 10.1. The van der Waals surface area contributed by atoms with Crippen molar-refractivity contribution in [2.75, 3.05) is 13.1 Å². The molecule has 0 aliphatic heterocycles. The first-order valence-corrected chi connectivity index (χ1v) is 10.1. The van der Waals surface area contributed by atoms with Gasteiger partial charge in [-0.05, 0) is 42.3 Å². The fourth-order valence-corrected chi connectivity index (χ4v) is 3.04. The van der Waals surface area contributed by atoms with Gasteiger partial charge in [0.25, 0.3) is 5.91 Å². The van der Waals surface area contributed by atoms with Gasteiger partial charge in [-0.2, -0.15) is 0 Å². The first kappa shape index (κ1) is 22.0. The number of carbonyl (C=O) groups excluding carboxylic acids is 2. The van der Waals surface area contributed by atoms with Crippen LogP contribution in [0.25, 0.3) is 0 Å². The third kappa shape index (κ3) is 6.40. The van der Waals surface area contributed by atoms with E-state index < -0.39 is 11.7 Å². The van der Waals surface area contributed by atoms with E-state index in [9.17, 15) is 14.0 Å².